The van der Waals surface area contributed by atoms with E-state index in [0.717, 1.165) is 10.1 Å². The van der Waals surface area contributed by atoms with Crippen molar-refractivity contribution in [3.05, 3.63) is 87.2 Å². The van der Waals surface area contributed by atoms with Gasteiger partial charge in [-0.25, -0.2) is 0 Å². The highest BCUT2D eigenvalue weighted by Crippen LogP contribution is 2.34. The van der Waals surface area contributed by atoms with Gasteiger partial charge in [0.2, 0.25) is 0 Å². The van der Waals surface area contributed by atoms with Gasteiger partial charge in [-0.3, -0.25) is 8.98 Å². The van der Waals surface area contributed by atoms with E-state index in [1.807, 2.05) is 0 Å². The summed E-state index contributed by atoms with van der Waals surface area (Å²) in [6, 6.07) is 14.3. The van der Waals surface area contributed by atoms with E-state index >= 15 is 0 Å². The molecule has 3 rings (SSSR count). The van der Waals surface area contributed by atoms with Gasteiger partial charge in [0, 0.05) is 7.11 Å². The molecule has 2 aromatic carbocycles. The predicted molar refractivity (Wildman–Crippen MR) is 136 cm³/mol. The molecule has 1 heterocycles. The molecule has 0 saturated carbocycles. The minimum Gasteiger partial charge on any atom is -0.359 e. The highest BCUT2D eigenvalue weighted by Gasteiger charge is 2.37. The predicted octanol–water partition coefficient (Wildman–Crippen LogP) is 4.81. The number of pyridine rings is 1. The van der Waals surface area contributed by atoms with Crippen molar-refractivity contribution in [2.24, 2.45) is 0 Å². The second-order valence-corrected chi connectivity index (χ2v) is 10.5. The maximum absolute atomic E-state index is 13.9. The van der Waals surface area contributed by atoms with Gasteiger partial charge in [0.25, 0.3) is 15.7 Å². The number of ether oxygens (including phenoxy) is 2. The number of nitrogens with zero attached hydrogens (tertiary/aromatic N) is 2. The molecule has 0 fully saturated rings. The van der Waals surface area contributed by atoms with Crippen molar-refractivity contribution in [1.82, 2.24) is 4.57 Å². The normalized spacial score (nSPS) is 13.6. The lowest BCUT2D eigenvalue weighted by atomic mass is 10.0. The van der Waals surface area contributed by atoms with Gasteiger partial charge in [-0.2, -0.15) is 26.9 Å². The van der Waals surface area contributed by atoms with Crippen molar-refractivity contribution in [3.8, 4) is 17.3 Å². The summed E-state index contributed by atoms with van der Waals surface area (Å²) in [7, 11) is -3.04. The molecule has 0 N–H and O–H groups in total. The molecule has 39 heavy (non-hydrogen) atoms. The van der Waals surface area contributed by atoms with E-state index in [4.69, 9.17) is 13.7 Å². The van der Waals surface area contributed by atoms with Gasteiger partial charge >= 0.3 is 6.18 Å². The second kappa shape index (κ2) is 12.1. The number of hydrogen-bond acceptors (Lipinski definition) is 7. The van der Waals surface area contributed by atoms with E-state index in [2.05, 4.69) is 0 Å². The average molecular weight is 565 g/mol. The molecular formula is C27H27F3N2O6S. The molecule has 0 aliphatic rings. The van der Waals surface area contributed by atoms with Crippen LogP contribution in [0.15, 0.2) is 64.3 Å². The number of nitriles is 1. The number of aryl methyl sites for hydroxylation is 2. The number of halogens is 3. The smallest absolute Gasteiger partial charge is 0.359 e. The molecule has 12 heteroatoms. The lowest BCUT2D eigenvalue weighted by Crippen LogP contribution is -2.40. The summed E-state index contributed by atoms with van der Waals surface area (Å²) in [6.45, 7) is 4.17. The molecule has 0 aliphatic carbocycles. The van der Waals surface area contributed by atoms with Crippen LogP contribution in [0.25, 0.3) is 11.3 Å². The highest BCUT2D eigenvalue weighted by molar-refractivity contribution is 7.86. The standard InChI is InChI=1S/C27H27F3N2O6S/c1-17-8-10-21(11-9-17)39(34,35)38-25(19(3)37-16-36-4)15-32-24(20-7-5-6-18(2)12-20)13-23(27(28,29)30)22(14-31)26(32)33/h5-13,19,25H,15-16H2,1-4H3. The Labute approximate surface area is 224 Å². The van der Waals surface area contributed by atoms with Crippen LogP contribution in [0.4, 0.5) is 13.2 Å². The first kappa shape index (κ1) is 30.0. The van der Waals surface area contributed by atoms with E-state index in [9.17, 15) is 31.6 Å². The first-order valence-corrected chi connectivity index (χ1v) is 13.1. The highest BCUT2D eigenvalue weighted by atomic mass is 32.2. The number of methoxy groups -OCH3 is 1. The quantitative estimate of drug-likeness (QED) is 0.257. The maximum Gasteiger partial charge on any atom is 0.417 e. The number of benzene rings is 2. The Morgan fingerprint density at radius 1 is 1.05 bits per heavy atom. The first-order valence-electron chi connectivity index (χ1n) is 11.7. The zero-order valence-electron chi connectivity index (χ0n) is 21.7. The van der Waals surface area contributed by atoms with Crippen molar-refractivity contribution in [2.45, 2.75) is 50.6 Å². The monoisotopic (exact) mass is 564 g/mol. The van der Waals surface area contributed by atoms with Crippen molar-refractivity contribution in [3.63, 3.8) is 0 Å². The van der Waals surface area contributed by atoms with Crippen LogP contribution in [0.2, 0.25) is 0 Å². The Hall–Kier alpha value is -3.50. The summed E-state index contributed by atoms with van der Waals surface area (Å²) in [5.74, 6) is 0. The largest absolute Gasteiger partial charge is 0.417 e. The summed E-state index contributed by atoms with van der Waals surface area (Å²) in [6.07, 6.45) is -7.38. The van der Waals surface area contributed by atoms with E-state index in [-0.39, 0.29) is 22.9 Å². The van der Waals surface area contributed by atoms with Crippen LogP contribution >= 0.6 is 0 Å². The molecule has 0 saturated heterocycles. The summed E-state index contributed by atoms with van der Waals surface area (Å²) >= 11 is 0. The number of rotatable bonds is 10. The minimum absolute atomic E-state index is 0.159. The zero-order valence-corrected chi connectivity index (χ0v) is 22.5. The Morgan fingerprint density at radius 2 is 1.72 bits per heavy atom. The Kier molecular flexibility index (Phi) is 9.34. The number of hydrogen-bond donors (Lipinski definition) is 0. The van der Waals surface area contributed by atoms with Gasteiger partial charge in [-0.1, -0.05) is 41.5 Å². The molecule has 0 radical (unpaired) electrons. The van der Waals surface area contributed by atoms with E-state index in [1.54, 1.807) is 44.2 Å². The van der Waals surface area contributed by atoms with Crippen LogP contribution in [0.3, 0.4) is 0 Å². The molecule has 0 spiro atoms. The first-order chi connectivity index (χ1) is 18.3. The van der Waals surface area contributed by atoms with Gasteiger partial charge in [-0.05, 0) is 50.6 Å². The zero-order chi connectivity index (χ0) is 29.0. The fourth-order valence-electron chi connectivity index (χ4n) is 3.85. The Balaban J connectivity index is 2.21. The second-order valence-electron chi connectivity index (χ2n) is 8.89. The molecule has 2 atom stereocenters. The van der Waals surface area contributed by atoms with Crippen molar-refractivity contribution < 1.29 is 35.2 Å². The summed E-state index contributed by atoms with van der Waals surface area (Å²) in [5, 5.41) is 9.48. The molecule has 0 bridgehead atoms. The topological polar surface area (TPSA) is 108 Å². The van der Waals surface area contributed by atoms with Gasteiger partial charge in [0.05, 0.1) is 28.8 Å². The summed E-state index contributed by atoms with van der Waals surface area (Å²) in [4.78, 5) is 13.2. The molecule has 0 amide bonds. The van der Waals surface area contributed by atoms with Crippen molar-refractivity contribution >= 4 is 10.1 Å². The van der Waals surface area contributed by atoms with Crippen LogP contribution in [0.5, 0.6) is 0 Å². The third kappa shape index (κ3) is 7.13. The SMILES string of the molecule is COCOC(C)C(Cn1c(-c2cccc(C)c2)cc(C(F)(F)F)c(C#N)c1=O)OS(=O)(=O)c1ccc(C)cc1. The van der Waals surface area contributed by atoms with E-state index in [0.29, 0.717) is 11.6 Å². The number of alkyl halides is 3. The van der Waals surface area contributed by atoms with Crippen molar-refractivity contribution in [1.29, 1.82) is 5.26 Å². The van der Waals surface area contributed by atoms with E-state index in [1.165, 1.54) is 38.3 Å². The third-order valence-corrected chi connectivity index (χ3v) is 7.28. The van der Waals surface area contributed by atoms with Crippen LogP contribution < -0.4 is 5.56 Å². The lowest BCUT2D eigenvalue weighted by Gasteiger charge is -2.26. The van der Waals surface area contributed by atoms with Gasteiger partial charge in [0.15, 0.2) is 0 Å². The van der Waals surface area contributed by atoms with Gasteiger partial charge < -0.3 is 14.0 Å². The molecule has 1 aromatic heterocycles. The Morgan fingerprint density at radius 3 is 2.28 bits per heavy atom. The van der Waals surface area contributed by atoms with Crippen molar-refractivity contribution in [2.75, 3.05) is 13.9 Å². The molecule has 208 valence electrons. The van der Waals surface area contributed by atoms with E-state index < -0.39 is 51.7 Å². The van der Waals surface area contributed by atoms with Gasteiger partial charge in [-0.15, -0.1) is 0 Å². The fourth-order valence-corrected chi connectivity index (χ4v) is 4.97. The molecule has 3 aromatic rings. The van der Waals surface area contributed by atoms with Gasteiger partial charge in [0.1, 0.15) is 24.5 Å². The Bertz CT molecular complexity index is 1530. The molecule has 2 unspecified atom stereocenters. The fraction of sp³-hybridized carbons (Fsp3) is 0.333. The van der Waals surface area contributed by atoms with Crippen LogP contribution in [0, 0.1) is 25.2 Å². The minimum atomic E-state index is -4.98. The summed E-state index contributed by atoms with van der Waals surface area (Å²) in [5.41, 5.74) is -2.16. The molecule has 0 aliphatic heterocycles. The summed E-state index contributed by atoms with van der Waals surface area (Å²) < 4.78 is 84.6. The maximum atomic E-state index is 13.9. The average Bonchev–Trinajstić information content (AvgIpc) is 2.87. The third-order valence-electron chi connectivity index (χ3n) is 5.93. The lowest BCUT2D eigenvalue weighted by molar-refractivity contribution is -0.138. The van der Waals surface area contributed by atoms with Crippen LogP contribution in [-0.4, -0.2) is 39.1 Å². The molecular weight excluding hydrogens is 537 g/mol. The molecule has 8 nitrogen and oxygen atoms in total. The van der Waals surface area contributed by atoms with Crippen LogP contribution in [0.1, 0.15) is 29.2 Å². The number of aromatic nitrogens is 1. The van der Waals surface area contributed by atoms with Crippen LogP contribution in [-0.2, 0) is 36.5 Å².